The highest BCUT2D eigenvalue weighted by Gasteiger charge is 2.31. The molecule has 106 valence electrons. The number of rotatable bonds is 4. The lowest BCUT2D eigenvalue weighted by atomic mass is 10.1. The van der Waals surface area contributed by atoms with E-state index in [1.54, 1.807) is 0 Å². The first-order chi connectivity index (χ1) is 9.50. The zero-order chi connectivity index (χ0) is 14.6. The molecule has 0 spiro atoms. The first kappa shape index (κ1) is 14.4. The van der Waals surface area contributed by atoms with E-state index in [0.29, 0.717) is 0 Å². The van der Waals surface area contributed by atoms with Crippen molar-refractivity contribution in [1.82, 2.24) is 0 Å². The molecule has 0 saturated heterocycles. The minimum atomic E-state index is -4.43. The van der Waals surface area contributed by atoms with Gasteiger partial charge in [0.2, 0.25) is 0 Å². The minimum Gasteiger partial charge on any atom is -0.489 e. The van der Waals surface area contributed by atoms with Crippen LogP contribution in [0.5, 0.6) is 5.75 Å². The van der Waals surface area contributed by atoms with Crippen molar-refractivity contribution in [3.63, 3.8) is 0 Å². The highest BCUT2D eigenvalue weighted by Crippen LogP contribution is 2.32. The standard InChI is InChI=1S/C15H13F3O2/c16-15(17,18)13-6-7-14(12(8-13)9-19)20-10-11-4-2-1-3-5-11/h1-8,19H,9-10H2. The van der Waals surface area contributed by atoms with Gasteiger partial charge in [0.05, 0.1) is 12.2 Å². The van der Waals surface area contributed by atoms with Crippen molar-refractivity contribution in [1.29, 1.82) is 0 Å². The Balaban J connectivity index is 2.16. The van der Waals surface area contributed by atoms with Gasteiger partial charge in [0.25, 0.3) is 0 Å². The molecule has 1 N–H and O–H groups in total. The first-order valence-electron chi connectivity index (χ1n) is 5.98. The van der Waals surface area contributed by atoms with Gasteiger partial charge in [0.1, 0.15) is 12.4 Å². The molecular weight excluding hydrogens is 269 g/mol. The van der Waals surface area contributed by atoms with Gasteiger partial charge in [-0.3, -0.25) is 0 Å². The molecule has 0 radical (unpaired) electrons. The third kappa shape index (κ3) is 3.51. The van der Waals surface area contributed by atoms with E-state index in [2.05, 4.69) is 0 Å². The molecule has 0 heterocycles. The van der Waals surface area contributed by atoms with Crippen LogP contribution in [-0.2, 0) is 19.4 Å². The zero-order valence-electron chi connectivity index (χ0n) is 10.5. The van der Waals surface area contributed by atoms with Crippen LogP contribution < -0.4 is 4.74 Å². The predicted octanol–water partition coefficient (Wildman–Crippen LogP) is 3.78. The van der Waals surface area contributed by atoms with Gasteiger partial charge in [0, 0.05) is 5.56 Å². The molecule has 0 bridgehead atoms. The molecule has 0 aliphatic rings. The largest absolute Gasteiger partial charge is 0.489 e. The van der Waals surface area contributed by atoms with E-state index in [0.717, 1.165) is 17.7 Å². The summed E-state index contributed by atoms with van der Waals surface area (Å²) in [5, 5.41) is 9.16. The van der Waals surface area contributed by atoms with Gasteiger partial charge in [-0.05, 0) is 23.8 Å². The second-order valence-electron chi connectivity index (χ2n) is 4.25. The lowest BCUT2D eigenvalue weighted by Gasteiger charge is -2.13. The van der Waals surface area contributed by atoms with Crippen molar-refractivity contribution < 1.29 is 23.0 Å². The van der Waals surface area contributed by atoms with E-state index in [1.807, 2.05) is 30.3 Å². The third-order valence-corrected chi connectivity index (χ3v) is 2.80. The van der Waals surface area contributed by atoms with Crippen LogP contribution in [0.25, 0.3) is 0 Å². The Bertz CT molecular complexity index is 565. The molecule has 2 nitrogen and oxygen atoms in total. The maximum atomic E-state index is 12.6. The van der Waals surface area contributed by atoms with Crippen molar-refractivity contribution in [2.75, 3.05) is 0 Å². The van der Waals surface area contributed by atoms with Crippen molar-refractivity contribution in [3.8, 4) is 5.75 Å². The molecule has 0 saturated carbocycles. The molecule has 0 aliphatic carbocycles. The normalized spacial score (nSPS) is 11.4. The van der Waals surface area contributed by atoms with E-state index in [9.17, 15) is 13.2 Å². The van der Waals surface area contributed by atoms with Crippen LogP contribution in [0.1, 0.15) is 16.7 Å². The van der Waals surface area contributed by atoms with Gasteiger partial charge < -0.3 is 9.84 Å². The molecule has 0 unspecified atom stereocenters. The second kappa shape index (κ2) is 5.96. The van der Waals surface area contributed by atoms with Crippen LogP contribution in [0.4, 0.5) is 13.2 Å². The highest BCUT2D eigenvalue weighted by atomic mass is 19.4. The number of aliphatic hydroxyl groups excluding tert-OH is 1. The molecule has 2 rings (SSSR count). The van der Waals surface area contributed by atoms with E-state index in [1.165, 1.54) is 6.07 Å². The minimum absolute atomic E-state index is 0.121. The fourth-order valence-electron chi connectivity index (χ4n) is 1.76. The van der Waals surface area contributed by atoms with Crippen LogP contribution in [-0.4, -0.2) is 5.11 Å². The van der Waals surface area contributed by atoms with Gasteiger partial charge in [-0.2, -0.15) is 13.2 Å². The van der Waals surface area contributed by atoms with Crippen LogP contribution in [0, 0.1) is 0 Å². The molecule has 0 atom stereocenters. The summed E-state index contributed by atoms with van der Waals surface area (Å²) in [6, 6.07) is 12.3. The van der Waals surface area contributed by atoms with Crippen molar-refractivity contribution in [2.45, 2.75) is 19.4 Å². The van der Waals surface area contributed by atoms with Gasteiger partial charge >= 0.3 is 6.18 Å². The Kier molecular flexibility index (Phi) is 4.29. The summed E-state index contributed by atoms with van der Waals surface area (Å²) in [7, 11) is 0. The van der Waals surface area contributed by atoms with Gasteiger partial charge in [-0.15, -0.1) is 0 Å². The topological polar surface area (TPSA) is 29.5 Å². The lowest BCUT2D eigenvalue weighted by Crippen LogP contribution is -2.07. The summed E-state index contributed by atoms with van der Waals surface area (Å²) in [6.07, 6.45) is -4.43. The fraction of sp³-hybridized carbons (Fsp3) is 0.200. The number of ether oxygens (including phenoxy) is 1. The predicted molar refractivity (Wildman–Crippen MR) is 68.1 cm³/mol. The van der Waals surface area contributed by atoms with Gasteiger partial charge in [-0.1, -0.05) is 30.3 Å². The number of hydrogen-bond donors (Lipinski definition) is 1. The Morgan fingerprint density at radius 2 is 1.70 bits per heavy atom. The van der Waals surface area contributed by atoms with E-state index in [-0.39, 0.29) is 17.9 Å². The molecule has 2 aromatic rings. The van der Waals surface area contributed by atoms with Crippen LogP contribution in [0.2, 0.25) is 0 Å². The Morgan fingerprint density at radius 1 is 1.00 bits per heavy atom. The molecule has 0 amide bonds. The van der Waals surface area contributed by atoms with E-state index >= 15 is 0 Å². The molecular formula is C15H13F3O2. The molecule has 0 aromatic heterocycles. The van der Waals surface area contributed by atoms with E-state index in [4.69, 9.17) is 9.84 Å². The average molecular weight is 282 g/mol. The Morgan fingerprint density at radius 3 is 2.30 bits per heavy atom. The zero-order valence-corrected chi connectivity index (χ0v) is 10.5. The van der Waals surface area contributed by atoms with E-state index < -0.39 is 18.3 Å². The Hall–Kier alpha value is -2.01. The monoisotopic (exact) mass is 282 g/mol. The second-order valence-corrected chi connectivity index (χ2v) is 4.25. The summed E-state index contributed by atoms with van der Waals surface area (Å²) in [6.45, 7) is -0.271. The molecule has 0 aliphatic heterocycles. The fourth-order valence-corrected chi connectivity index (χ4v) is 1.76. The van der Waals surface area contributed by atoms with Crippen LogP contribution in [0.3, 0.4) is 0 Å². The molecule has 20 heavy (non-hydrogen) atoms. The first-order valence-corrected chi connectivity index (χ1v) is 5.98. The SMILES string of the molecule is OCc1cc(C(F)(F)F)ccc1OCc1ccccc1. The number of alkyl halides is 3. The summed E-state index contributed by atoms with van der Waals surface area (Å²) in [4.78, 5) is 0. The number of benzene rings is 2. The number of halogens is 3. The van der Waals surface area contributed by atoms with Gasteiger partial charge in [0.15, 0.2) is 0 Å². The summed E-state index contributed by atoms with van der Waals surface area (Å²) in [5.41, 5.74) is 0.223. The maximum Gasteiger partial charge on any atom is 0.416 e. The lowest BCUT2D eigenvalue weighted by molar-refractivity contribution is -0.137. The van der Waals surface area contributed by atoms with Crippen LogP contribution >= 0.6 is 0 Å². The van der Waals surface area contributed by atoms with Crippen molar-refractivity contribution >= 4 is 0 Å². The number of aliphatic hydroxyl groups is 1. The van der Waals surface area contributed by atoms with Crippen molar-refractivity contribution in [2.24, 2.45) is 0 Å². The third-order valence-electron chi connectivity index (χ3n) is 2.80. The highest BCUT2D eigenvalue weighted by molar-refractivity contribution is 5.38. The number of hydrogen-bond acceptors (Lipinski definition) is 2. The summed E-state index contributed by atoms with van der Waals surface area (Å²) < 4.78 is 43.1. The average Bonchev–Trinajstić information content (AvgIpc) is 2.45. The van der Waals surface area contributed by atoms with Crippen LogP contribution in [0.15, 0.2) is 48.5 Å². The summed E-state index contributed by atoms with van der Waals surface area (Å²) >= 11 is 0. The molecule has 2 aromatic carbocycles. The van der Waals surface area contributed by atoms with Gasteiger partial charge in [-0.25, -0.2) is 0 Å². The smallest absolute Gasteiger partial charge is 0.416 e. The summed E-state index contributed by atoms with van der Waals surface area (Å²) in [5.74, 6) is 0.254. The maximum absolute atomic E-state index is 12.6. The molecule has 0 fully saturated rings. The Labute approximate surface area is 114 Å². The van der Waals surface area contributed by atoms with Crippen molar-refractivity contribution in [3.05, 3.63) is 65.2 Å². The quantitative estimate of drug-likeness (QED) is 0.924. The molecule has 5 heteroatoms.